The van der Waals surface area contributed by atoms with Crippen LogP contribution in [0.15, 0.2) is 12.1 Å². The number of amides is 2. The van der Waals surface area contributed by atoms with E-state index in [0.717, 1.165) is 0 Å². The lowest BCUT2D eigenvalue weighted by atomic mass is 9.92. The summed E-state index contributed by atoms with van der Waals surface area (Å²) in [4.78, 5) is 56.9. The number of carbonyl (C=O) groups excluding carboxylic acids is 2. The van der Waals surface area contributed by atoms with Crippen LogP contribution in [-0.4, -0.2) is 57.3 Å². The van der Waals surface area contributed by atoms with Gasteiger partial charge in [-0.05, 0) is 0 Å². The Balaban J connectivity index is 3.75. The van der Waals surface area contributed by atoms with Crippen molar-refractivity contribution in [3.05, 3.63) is 43.5 Å². The van der Waals surface area contributed by atoms with Gasteiger partial charge >= 0.3 is 5.97 Å². The minimum Gasteiger partial charge on any atom is -0.478 e. The fourth-order valence-electron chi connectivity index (χ4n) is 2.29. The Morgan fingerprint density at radius 1 is 0.964 bits per heavy atom. The molecule has 0 heterocycles. The van der Waals surface area contributed by atoms with E-state index in [1.165, 1.54) is 0 Å². The summed E-state index contributed by atoms with van der Waals surface area (Å²) in [6, 6.07) is 1.13. The number of hydrogen-bond donors (Lipinski definition) is 5. The zero-order valence-electron chi connectivity index (χ0n) is 14.2. The molecule has 0 saturated heterocycles. The molecule has 0 spiro atoms. The highest BCUT2D eigenvalue weighted by molar-refractivity contribution is 7.80. The topological polar surface area (TPSA) is 182 Å². The predicted molar refractivity (Wildman–Crippen MR) is 103 cm³/mol. The number of carboxylic acid groups (broad SMARTS) is 1. The number of rotatable bonds is 10. The molecule has 0 aliphatic heterocycles. The SMILES string of the molecule is O=C(O)c1cc([N+](=O)[O-])c(C(C(=O)NCCS)C(=O)NCCS)c([N+](=O)[O-])c1. The number of benzene rings is 1. The Morgan fingerprint density at radius 3 is 1.64 bits per heavy atom. The number of carboxylic acids is 1. The van der Waals surface area contributed by atoms with Crippen molar-refractivity contribution in [3.8, 4) is 0 Å². The summed E-state index contributed by atoms with van der Waals surface area (Å²) >= 11 is 7.79. The number of hydrogen-bond acceptors (Lipinski definition) is 9. The Kier molecular flexibility index (Phi) is 8.66. The fourth-order valence-corrected chi connectivity index (χ4v) is 2.51. The summed E-state index contributed by atoms with van der Waals surface area (Å²) < 4.78 is 0. The second kappa shape index (κ2) is 10.5. The molecule has 2 amide bonds. The van der Waals surface area contributed by atoms with Crippen LogP contribution in [0.2, 0.25) is 0 Å². The van der Waals surface area contributed by atoms with E-state index < -0.39 is 56.0 Å². The lowest BCUT2D eigenvalue weighted by Gasteiger charge is -2.17. The van der Waals surface area contributed by atoms with Crippen LogP contribution in [-0.2, 0) is 9.59 Å². The first-order valence-electron chi connectivity index (χ1n) is 7.62. The van der Waals surface area contributed by atoms with E-state index in [2.05, 4.69) is 35.9 Å². The average molecular weight is 432 g/mol. The van der Waals surface area contributed by atoms with Gasteiger partial charge in [-0.1, -0.05) is 0 Å². The van der Waals surface area contributed by atoms with Gasteiger partial charge in [-0.2, -0.15) is 25.3 Å². The molecule has 3 N–H and O–H groups in total. The second-order valence-corrected chi connectivity index (χ2v) is 6.10. The van der Waals surface area contributed by atoms with Crippen molar-refractivity contribution >= 4 is 54.4 Å². The van der Waals surface area contributed by atoms with E-state index in [-0.39, 0.29) is 24.6 Å². The van der Waals surface area contributed by atoms with Crippen molar-refractivity contribution in [2.75, 3.05) is 24.6 Å². The molecule has 1 aromatic rings. The number of thiol groups is 2. The molecule has 14 heteroatoms. The van der Waals surface area contributed by atoms with Gasteiger partial charge in [0.05, 0.1) is 15.4 Å². The number of carbonyl (C=O) groups is 3. The summed E-state index contributed by atoms with van der Waals surface area (Å²) in [7, 11) is 0. The molecule has 1 rings (SSSR count). The Labute approximate surface area is 168 Å². The molecule has 28 heavy (non-hydrogen) atoms. The fraction of sp³-hybridized carbons (Fsp3) is 0.357. The monoisotopic (exact) mass is 432 g/mol. The third-order valence-corrected chi connectivity index (χ3v) is 3.86. The molecule has 152 valence electrons. The second-order valence-electron chi connectivity index (χ2n) is 5.21. The normalized spacial score (nSPS) is 10.4. The van der Waals surface area contributed by atoms with E-state index in [4.69, 9.17) is 5.11 Å². The highest BCUT2D eigenvalue weighted by Crippen LogP contribution is 2.37. The van der Waals surface area contributed by atoms with Gasteiger partial charge in [-0.15, -0.1) is 0 Å². The summed E-state index contributed by atoms with van der Waals surface area (Å²) in [6.45, 7) is -0.0137. The minimum absolute atomic E-state index is 0.00685. The standard InChI is InChI=1S/C14H16N4O8S2/c19-12(15-1-3-27)11(13(20)16-2-4-28)10-8(17(23)24)5-7(14(21)22)6-9(10)18(25)26/h5-6,11,27-28H,1-4H2,(H,15,19)(H,16,20)(H,21,22). The van der Waals surface area contributed by atoms with Gasteiger partial charge in [0, 0.05) is 36.7 Å². The van der Waals surface area contributed by atoms with E-state index in [9.17, 15) is 34.6 Å². The summed E-state index contributed by atoms with van der Waals surface area (Å²) in [5.41, 5.74) is -3.60. The van der Waals surface area contributed by atoms with E-state index in [1.807, 2.05) is 0 Å². The first-order valence-corrected chi connectivity index (χ1v) is 8.89. The highest BCUT2D eigenvalue weighted by atomic mass is 32.1. The van der Waals surface area contributed by atoms with E-state index >= 15 is 0 Å². The van der Waals surface area contributed by atoms with Gasteiger partial charge in [-0.25, -0.2) is 4.79 Å². The van der Waals surface area contributed by atoms with Crippen molar-refractivity contribution in [3.63, 3.8) is 0 Å². The van der Waals surface area contributed by atoms with E-state index in [0.29, 0.717) is 12.1 Å². The molecule has 0 radical (unpaired) electrons. The largest absolute Gasteiger partial charge is 0.478 e. The molecule has 12 nitrogen and oxygen atoms in total. The quantitative estimate of drug-likeness (QED) is 0.152. The molecule has 0 atom stereocenters. The molecule has 0 fully saturated rings. The molecule has 0 unspecified atom stereocenters. The predicted octanol–water partition coefficient (Wildman–Crippen LogP) is 0.377. The van der Waals surface area contributed by atoms with Gasteiger partial charge in [0.25, 0.3) is 11.4 Å². The maximum Gasteiger partial charge on any atom is 0.336 e. The van der Waals surface area contributed by atoms with Crippen LogP contribution in [0, 0.1) is 20.2 Å². The summed E-state index contributed by atoms with van der Waals surface area (Å²) in [5, 5.41) is 36.6. The van der Waals surface area contributed by atoms with Gasteiger partial charge in [0.15, 0.2) is 5.92 Å². The Morgan fingerprint density at radius 2 is 1.36 bits per heavy atom. The third kappa shape index (κ3) is 5.56. The zero-order chi connectivity index (χ0) is 21.4. The van der Waals surface area contributed by atoms with Crippen LogP contribution < -0.4 is 10.6 Å². The lowest BCUT2D eigenvalue weighted by Crippen LogP contribution is -2.41. The maximum absolute atomic E-state index is 12.5. The average Bonchev–Trinajstić information content (AvgIpc) is 2.64. The molecular weight excluding hydrogens is 416 g/mol. The number of nitro benzene ring substituents is 2. The lowest BCUT2D eigenvalue weighted by molar-refractivity contribution is -0.395. The number of nitrogens with one attached hydrogen (secondary N) is 2. The van der Waals surface area contributed by atoms with Crippen molar-refractivity contribution < 1.29 is 29.3 Å². The van der Waals surface area contributed by atoms with Crippen LogP contribution >= 0.6 is 25.3 Å². The Bertz CT molecular complexity index is 762. The maximum atomic E-state index is 12.5. The van der Waals surface area contributed by atoms with Gasteiger partial charge in [-0.3, -0.25) is 29.8 Å². The van der Waals surface area contributed by atoms with E-state index in [1.54, 1.807) is 0 Å². The number of nitrogens with zero attached hydrogens (tertiary/aromatic N) is 2. The van der Waals surface area contributed by atoms with Crippen molar-refractivity contribution in [2.24, 2.45) is 0 Å². The van der Waals surface area contributed by atoms with Gasteiger partial charge in [0.2, 0.25) is 11.8 Å². The first kappa shape index (κ1) is 23.2. The molecule has 0 aliphatic carbocycles. The van der Waals surface area contributed by atoms with Crippen molar-refractivity contribution in [1.82, 2.24) is 10.6 Å². The molecule has 0 bridgehead atoms. The van der Waals surface area contributed by atoms with Gasteiger partial charge < -0.3 is 15.7 Å². The number of aromatic carboxylic acids is 1. The number of nitro groups is 2. The highest BCUT2D eigenvalue weighted by Gasteiger charge is 2.41. The van der Waals surface area contributed by atoms with Crippen LogP contribution in [0.3, 0.4) is 0 Å². The summed E-state index contributed by atoms with van der Waals surface area (Å²) in [6.07, 6.45) is 0. The molecule has 1 aromatic carbocycles. The first-order chi connectivity index (χ1) is 13.1. The Hall–Kier alpha value is -2.87. The van der Waals surface area contributed by atoms with Crippen LogP contribution in [0.4, 0.5) is 11.4 Å². The smallest absolute Gasteiger partial charge is 0.336 e. The molecule has 0 saturated carbocycles. The minimum atomic E-state index is -1.96. The zero-order valence-corrected chi connectivity index (χ0v) is 15.9. The van der Waals surface area contributed by atoms with Crippen molar-refractivity contribution in [1.29, 1.82) is 0 Å². The van der Waals surface area contributed by atoms with Crippen LogP contribution in [0.5, 0.6) is 0 Å². The molecular formula is C14H16N4O8S2. The summed E-state index contributed by atoms with van der Waals surface area (Å²) in [5.74, 6) is -5.30. The molecule has 0 aromatic heterocycles. The van der Waals surface area contributed by atoms with Crippen molar-refractivity contribution in [2.45, 2.75) is 5.92 Å². The van der Waals surface area contributed by atoms with Gasteiger partial charge in [0.1, 0.15) is 5.56 Å². The van der Waals surface area contributed by atoms with Crippen LogP contribution in [0.1, 0.15) is 21.8 Å². The van der Waals surface area contributed by atoms with Crippen LogP contribution in [0.25, 0.3) is 0 Å². The third-order valence-electron chi connectivity index (χ3n) is 3.41. The molecule has 0 aliphatic rings.